The maximum atomic E-state index is 13.6. The van der Waals surface area contributed by atoms with Crippen LogP contribution in [-0.4, -0.2) is 30.6 Å². The van der Waals surface area contributed by atoms with Crippen LogP contribution in [-0.2, 0) is 20.4 Å². The molecule has 0 fully saturated rings. The van der Waals surface area contributed by atoms with Gasteiger partial charge in [0, 0.05) is 0 Å². The number of sulfone groups is 1. The van der Waals surface area contributed by atoms with Crippen LogP contribution in [0.1, 0.15) is 18.1 Å². The first kappa shape index (κ1) is 20.9. The molecule has 0 unspecified atom stereocenters. The molecular weight excluding hydrogens is 417 g/mol. The molecule has 0 radical (unpaired) electrons. The van der Waals surface area contributed by atoms with Crippen LogP contribution in [0.25, 0.3) is 0 Å². The number of nitrogens with zero attached hydrogens (tertiary/aromatic N) is 2. The van der Waals surface area contributed by atoms with E-state index in [1.165, 1.54) is 25.1 Å². The summed E-state index contributed by atoms with van der Waals surface area (Å²) in [5, 5.41) is 9.85. The number of rotatable bonds is 7. The van der Waals surface area contributed by atoms with Crippen molar-refractivity contribution in [1.29, 1.82) is 0 Å². The van der Waals surface area contributed by atoms with E-state index in [4.69, 9.17) is 4.74 Å². The SMILES string of the molecule is Cc1cccc(CS(=O)(=O)c2nnc(NC(=O)[C@@H](C)Oc3ccccc3F)s2)c1. The average Bonchev–Trinajstić information content (AvgIpc) is 3.13. The van der Waals surface area contributed by atoms with Gasteiger partial charge >= 0.3 is 0 Å². The predicted molar refractivity (Wildman–Crippen MR) is 107 cm³/mol. The molecule has 1 heterocycles. The third kappa shape index (κ3) is 5.36. The molecule has 2 aromatic carbocycles. The van der Waals surface area contributed by atoms with E-state index in [-0.39, 0.29) is 21.0 Å². The van der Waals surface area contributed by atoms with Crippen molar-refractivity contribution in [3.63, 3.8) is 0 Å². The minimum Gasteiger partial charge on any atom is -0.478 e. The van der Waals surface area contributed by atoms with Crippen molar-refractivity contribution >= 4 is 32.2 Å². The van der Waals surface area contributed by atoms with Crippen molar-refractivity contribution in [3.05, 3.63) is 65.5 Å². The lowest BCUT2D eigenvalue weighted by atomic mass is 10.2. The van der Waals surface area contributed by atoms with Gasteiger partial charge in [-0.15, -0.1) is 10.2 Å². The second-order valence-electron chi connectivity index (χ2n) is 6.30. The summed E-state index contributed by atoms with van der Waals surface area (Å²) in [7, 11) is -3.71. The van der Waals surface area contributed by atoms with E-state index in [0.717, 1.165) is 16.9 Å². The van der Waals surface area contributed by atoms with Gasteiger partial charge in [-0.25, -0.2) is 12.8 Å². The number of amides is 1. The Morgan fingerprint density at radius 2 is 1.97 bits per heavy atom. The Morgan fingerprint density at radius 1 is 1.21 bits per heavy atom. The maximum absolute atomic E-state index is 13.6. The zero-order chi connectivity index (χ0) is 21.0. The first-order valence-corrected chi connectivity index (χ1v) is 11.1. The molecule has 0 aliphatic rings. The lowest BCUT2D eigenvalue weighted by molar-refractivity contribution is -0.122. The van der Waals surface area contributed by atoms with Crippen molar-refractivity contribution in [3.8, 4) is 5.75 Å². The molecule has 3 aromatic rings. The number of hydrogen-bond acceptors (Lipinski definition) is 7. The Kier molecular flexibility index (Phi) is 6.23. The summed E-state index contributed by atoms with van der Waals surface area (Å²) >= 11 is 0.747. The number of benzene rings is 2. The topological polar surface area (TPSA) is 98.3 Å². The van der Waals surface area contributed by atoms with Crippen molar-refractivity contribution in [2.75, 3.05) is 5.32 Å². The molecule has 7 nitrogen and oxygen atoms in total. The molecular formula is C19H18FN3O4S2. The maximum Gasteiger partial charge on any atom is 0.266 e. The molecule has 1 N–H and O–H groups in total. The molecule has 10 heteroatoms. The van der Waals surface area contributed by atoms with Crippen LogP contribution >= 0.6 is 11.3 Å². The summed E-state index contributed by atoms with van der Waals surface area (Å²) in [4.78, 5) is 12.2. The summed E-state index contributed by atoms with van der Waals surface area (Å²) < 4.78 is 43.8. The zero-order valence-electron chi connectivity index (χ0n) is 15.6. The highest BCUT2D eigenvalue weighted by Gasteiger charge is 2.23. The first-order valence-electron chi connectivity index (χ1n) is 8.58. The van der Waals surface area contributed by atoms with Crippen LogP contribution in [0.5, 0.6) is 5.75 Å². The minimum absolute atomic E-state index is 0.0156. The Hall–Kier alpha value is -2.85. The van der Waals surface area contributed by atoms with E-state index in [0.29, 0.717) is 5.56 Å². The predicted octanol–water partition coefficient (Wildman–Crippen LogP) is 3.37. The highest BCUT2D eigenvalue weighted by atomic mass is 32.2. The number of carbonyl (C=O) groups excluding carboxylic acids is 1. The van der Waals surface area contributed by atoms with Crippen LogP contribution in [0.4, 0.5) is 9.52 Å². The van der Waals surface area contributed by atoms with E-state index in [1.807, 2.05) is 13.0 Å². The molecule has 152 valence electrons. The largest absolute Gasteiger partial charge is 0.478 e. The summed E-state index contributed by atoms with van der Waals surface area (Å²) in [6.07, 6.45) is -1.02. The summed E-state index contributed by atoms with van der Waals surface area (Å²) in [5.74, 6) is -1.47. The second kappa shape index (κ2) is 8.66. The van der Waals surface area contributed by atoms with Crippen molar-refractivity contribution < 1.29 is 22.3 Å². The van der Waals surface area contributed by atoms with Crippen molar-refractivity contribution in [2.24, 2.45) is 0 Å². The van der Waals surface area contributed by atoms with Gasteiger partial charge in [-0.05, 0) is 31.5 Å². The van der Waals surface area contributed by atoms with Gasteiger partial charge in [-0.3, -0.25) is 10.1 Å². The number of ether oxygens (including phenoxy) is 1. The Balaban J connectivity index is 1.66. The van der Waals surface area contributed by atoms with Gasteiger partial charge in [0.05, 0.1) is 5.75 Å². The van der Waals surface area contributed by atoms with Gasteiger partial charge < -0.3 is 4.74 Å². The highest BCUT2D eigenvalue weighted by Crippen LogP contribution is 2.24. The van der Waals surface area contributed by atoms with Crippen LogP contribution in [0.15, 0.2) is 52.9 Å². The van der Waals surface area contributed by atoms with Gasteiger partial charge in [-0.2, -0.15) is 0 Å². The Bertz CT molecular complexity index is 1130. The van der Waals surface area contributed by atoms with Crippen LogP contribution in [0, 0.1) is 12.7 Å². The fourth-order valence-electron chi connectivity index (χ4n) is 2.46. The number of hydrogen-bond donors (Lipinski definition) is 1. The smallest absolute Gasteiger partial charge is 0.266 e. The molecule has 0 saturated carbocycles. The zero-order valence-corrected chi connectivity index (χ0v) is 17.3. The summed E-state index contributed by atoms with van der Waals surface area (Å²) in [5.41, 5.74) is 1.59. The molecule has 0 aliphatic heterocycles. The van der Waals surface area contributed by atoms with Gasteiger partial charge in [0.25, 0.3) is 5.91 Å². The minimum atomic E-state index is -3.71. The lowest BCUT2D eigenvalue weighted by Crippen LogP contribution is -2.30. The quantitative estimate of drug-likeness (QED) is 0.572. The third-order valence-electron chi connectivity index (χ3n) is 3.85. The van der Waals surface area contributed by atoms with Gasteiger partial charge in [0.2, 0.25) is 19.3 Å². The highest BCUT2D eigenvalue weighted by molar-refractivity contribution is 7.92. The normalized spacial score (nSPS) is 12.4. The number of para-hydroxylation sites is 1. The number of carbonyl (C=O) groups is 1. The third-order valence-corrected chi connectivity index (χ3v) is 6.82. The molecule has 3 rings (SSSR count). The number of aryl methyl sites for hydroxylation is 1. The lowest BCUT2D eigenvalue weighted by Gasteiger charge is -2.13. The van der Waals surface area contributed by atoms with E-state index in [9.17, 15) is 17.6 Å². The van der Waals surface area contributed by atoms with Crippen LogP contribution in [0.2, 0.25) is 0 Å². The molecule has 1 amide bonds. The van der Waals surface area contributed by atoms with E-state index in [1.54, 1.807) is 24.3 Å². The first-order chi connectivity index (χ1) is 13.7. The van der Waals surface area contributed by atoms with Gasteiger partial charge in [-0.1, -0.05) is 53.3 Å². The molecule has 1 aromatic heterocycles. The Labute approximate surface area is 171 Å². The number of aromatic nitrogens is 2. The van der Waals surface area contributed by atoms with E-state index < -0.39 is 27.7 Å². The fraction of sp³-hybridized carbons (Fsp3) is 0.211. The number of anilines is 1. The van der Waals surface area contributed by atoms with Crippen molar-refractivity contribution in [2.45, 2.75) is 30.0 Å². The monoisotopic (exact) mass is 435 g/mol. The molecule has 29 heavy (non-hydrogen) atoms. The summed E-state index contributed by atoms with van der Waals surface area (Å²) in [6.45, 7) is 3.32. The van der Waals surface area contributed by atoms with E-state index in [2.05, 4.69) is 15.5 Å². The number of nitrogens with one attached hydrogen (secondary N) is 1. The molecule has 1 atom stereocenters. The molecule has 0 aliphatic carbocycles. The van der Waals surface area contributed by atoms with Crippen molar-refractivity contribution in [1.82, 2.24) is 10.2 Å². The van der Waals surface area contributed by atoms with Gasteiger partial charge in [0.1, 0.15) is 0 Å². The second-order valence-corrected chi connectivity index (χ2v) is 9.44. The number of halogens is 1. The summed E-state index contributed by atoms with van der Waals surface area (Å²) in [6, 6.07) is 12.9. The average molecular weight is 436 g/mol. The molecule has 0 saturated heterocycles. The van der Waals surface area contributed by atoms with Crippen LogP contribution in [0.3, 0.4) is 0 Å². The fourth-order valence-corrected chi connectivity index (χ4v) is 4.77. The Morgan fingerprint density at radius 3 is 2.69 bits per heavy atom. The van der Waals surface area contributed by atoms with E-state index >= 15 is 0 Å². The van der Waals surface area contributed by atoms with Gasteiger partial charge in [0.15, 0.2) is 17.7 Å². The molecule has 0 bridgehead atoms. The van der Waals surface area contributed by atoms with Crippen LogP contribution < -0.4 is 10.1 Å². The standard InChI is InChI=1S/C19H18FN3O4S2/c1-12-6-5-7-14(10-12)11-29(25,26)19-23-22-18(28-19)21-17(24)13(2)27-16-9-4-3-8-15(16)20/h3-10,13H,11H2,1-2H3,(H,21,22,24)/t13-/m1/s1. The molecule has 0 spiro atoms.